The molecule has 3 aromatic rings. The molecule has 1 aromatic carbocycles. The summed E-state index contributed by atoms with van der Waals surface area (Å²) in [5.74, 6) is 0. The number of hydrogen-bond acceptors (Lipinski definition) is 6. The molecule has 4 atom stereocenters. The lowest BCUT2D eigenvalue weighted by atomic mass is 10.0. The Hall–Kier alpha value is -1.96. The zero-order valence-electron chi connectivity index (χ0n) is 13.1. The van der Waals surface area contributed by atoms with Crippen LogP contribution in [0.3, 0.4) is 0 Å². The van der Waals surface area contributed by atoms with Crippen molar-refractivity contribution < 1.29 is 9.84 Å². The molecule has 1 saturated heterocycles. The Morgan fingerprint density at radius 1 is 1.21 bits per heavy atom. The standard InChI is InChI=1S/C17H18N4O2S/c1-10-13-16(19-8-18-10)21(9-20-13)17-15(24)14(22)12(23-17)7-11-5-3-2-4-6-11/h2-6,8-9,12,14-15,17,22,24H,7H2,1H3/t12-,14-,15-,17?/m1/s1. The molecule has 0 spiro atoms. The Balaban J connectivity index is 1.63. The van der Waals surface area contributed by atoms with Gasteiger partial charge in [0.25, 0.3) is 0 Å². The zero-order valence-corrected chi connectivity index (χ0v) is 14.0. The lowest BCUT2D eigenvalue weighted by Gasteiger charge is -2.16. The minimum Gasteiger partial charge on any atom is -0.389 e. The van der Waals surface area contributed by atoms with E-state index in [9.17, 15) is 5.11 Å². The van der Waals surface area contributed by atoms with Gasteiger partial charge in [0.05, 0.1) is 29.5 Å². The van der Waals surface area contributed by atoms with E-state index in [1.807, 2.05) is 41.8 Å². The molecule has 0 aliphatic carbocycles. The normalized spacial score (nSPS) is 27.0. The Morgan fingerprint density at radius 3 is 2.79 bits per heavy atom. The highest BCUT2D eigenvalue weighted by Crippen LogP contribution is 2.36. The van der Waals surface area contributed by atoms with E-state index in [4.69, 9.17) is 4.74 Å². The number of aliphatic hydroxyl groups is 1. The molecule has 2 aromatic heterocycles. The Labute approximate surface area is 144 Å². The predicted molar refractivity (Wildman–Crippen MR) is 92.9 cm³/mol. The molecule has 4 rings (SSSR count). The van der Waals surface area contributed by atoms with Gasteiger partial charge in [0.15, 0.2) is 11.9 Å². The topological polar surface area (TPSA) is 73.1 Å². The van der Waals surface area contributed by atoms with Gasteiger partial charge in [-0.25, -0.2) is 15.0 Å². The molecule has 124 valence electrons. The van der Waals surface area contributed by atoms with Gasteiger partial charge in [0.1, 0.15) is 11.8 Å². The highest BCUT2D eigenvalue weighted by atomic mass is 32.1. The molecule has 1 unspecified atom stereocenters. The van der Waals surface area contributed by atoms with Crippen LogP contribution in [0.25, 0.3) is 11.2 Å². The summed E-state index contributed by atoms with van der Waals surface area (Å²) in [5, 5.41) is 10.2. The quantitative estimate of drug-likeness (QED) is 0.712. The molecule has 1 aliphatic heterocycles. The lowest BCUT2D eigenvalue weighted by molar-refractivity contribution is -0.0158. The van der Waals surface area contributed by atoms with Crippen LogP contribution in [0.5, 0.6) is 0 Å². The fourth-order valence-electron chi connectivity index (χ4n) is 3.13. The average molecular weight is 342 g/mol. The van der Waals surface area contributed by atoms with Crippen LogP contribution < -0.4 is 0 Å². The summed E-state index contributed by atoms with van der Waals surface area (Å²) in [4.78, 5) is 12.8. The number of imidazole rings is 1. The van der Waals surface area contributed by atoms with Crippen LogP contribution in [0.1, 0.15) is 17.5 Å². The molecule has 3 heterocycles. The number of rotatable bonds is 3. The zero-order chi connectivity index (χ0) is 16.7. The van der Waals surface area contributed by atoms with Crippen LogP contribution in [0.15, 0.2) is 43.0 Å². The number of ether oxygens (including phenoxy) is 1. The van der Waals surface area contributed by atoms with Crippen LogP contribution in [-0.2, 0) is 11.2 Å². The van der Waals surface area contributed by atoms with Crippen LogP contribution >= 0.6 is 12.6 Å². The first-order valence-electron chi connectivity index (χ1n) is 7.85. The molecular formula is C17H18N4O2S. The van der Waals surface area contributed by atoms with Crippen molar-refractivity contribution in [1.29, 1.82) is 0 Å². The predicted octanol–water partition coefficient (Wildman–Crippen LogP) is 1.93. The lowest BCUT2D eigenvalue weighted by Crippen LogP contribution is -2.29. The Kier molecular flexibility index (Phi) is 3.99. The smallest absolute Gasteiger partial charge is 0.165 e. The maximum absolute atomic E-state index is 10.5. The second-order valence-corrected chi connectivity index (χ2v) is 6.62. The summed E-state index contributed by atoms with van der Waals surface area (Å²) < 4.78 is 7.95. The first-order valence-corrected chi connectivity index (χ1v) is 8.36. The fraction of sp³-hybridized carbons (Fsp3) is 0.353. The van der Waals surface area contributed by atoms with Gasteiger partial charge >= 0.3 is 0 Å². The van der Waals surface area contributed by atoms with Gasteiger partial charge in [0.2, 0.25) is 0 Å². The number of thiol groups is 1. The van der Waals surface area contributed by atoms with Crippen molar-refractivity contribution in [3.8, 4) is 0 Å². The molecule has 1 fully saturated rings. The van der Waals surface area contributed by atoms with Crippen molar-refractivity contribution in [2.75, 3.05) is 0 Å². The van der Waals surface area contributed by atoms with Gasteiger partial charge in [-0.2, -0.15) is 12.6 Å². The molecule has 7 heteroatoms. The summed E-state index contributed by atoms with van der Waals surface area (Å²) in [6.07, 6.45) is 2.42. The average Bonchev–Trinajstić information content (AvgIpc) is 3.13. The van der Waals surface area contributed by atoms with E-state index in [0.717, 1.165) is 16.8 Å². The van der Waals surface area contributed by atoms with Crippen molar-refractivity contribution in [3.05, 3.63) is 54.2 Å². The molecule has 24 heavy (non-hydrogen) atoms. The third kappa shape index (κ3) is 2.58. The first-order chi connectivity index (χ1) is 11.6. The molecule has 0 bridgehead atoms. The number of aryl methyl sites for hydroxylation is 1. The third-order valence-electron chi connectivity index (χ3n) is 4.43. The van der Waals surface area contributed by atoms with Crippen molar-refractivity contribution in [2.45, 2.75) is 37.0 Å². The van der Waals surface area contributed by atoms with E-state index in [-0.39, 0.29) is 11.4 Å². The molecule has 6 nitrogen and oxygen atoms in total. The van der Waals surface area contributed by atoms with Crippen LogP contribution in [0.4, 0.5) is 0 Å². The highest BCUT2D eigenvalue weighted by Gasteiger charge is 2.43. The van der Waals surface area contributed by atoms with Crippen LogP contribution in [-0.4, -0.2) is 42.1 Å². The van der Waals surface area contributed by atoms with E-state index >= 15 is 0 Å². The minimum atomic E-state index is -0.668. The van der Waals surface area contributed by atoms with E-state index in [1.165, 1.54) is 6.33 Å². The molecule has 0 saturated carbocycles. The number of hydrogen-bond donors (Lipinski definition) is 2. The third-order valence-corrected chi connectivity index (χ3v) is 4.99. The molecule has 0 amide bonds. The summed E-state index contributed by atoms with van der Waals surface area (Å²) >= 11 is 4.58. The summed E-state index contributed by atoms with van der Waals surface area (Å²) in [6.45, 7) is 1.89. The maximum Gasteiger partial charge on any atom is 0.165 e. The monoisotopic (exact) mass is 342 g/mol. The van der Waals surface area contributed by atoms with E-state index < -0.39 is 12.3 Å². The van der Waals surface area contributed by atoms with Crippen LogP contribution in [0, 0.1) is 6.92 Å². The van der Waals surface area contributed by atoms with Gasteiger partial charge in [-0.05, 0) is 12.5 Å². The number of benzene rings is 1. The van der Waals surface area contributed by atoms with E-state index in [1.54, 1.807) is 6.33 Å². The van der Waals surface area contributed by atoms with Gasteiger partial charge in [-0.3, -0.25) is 4.57 Å². The second-order valence-electron chi connectivity index (χ2n) is 6.02. The van der Waals surface area contributed by atoms with Gasteiger partial charge in [-0.15, -0.1) is 0 Å². The summed E-state index contributed by atoms with van der Waals surface area (Å²) in [7, 11) is 0. The largest absolute Gasteiger partial charge is 0.389 e. The maximum atomic E-state index is 10.5. The molecular weight excluding hydrogens is 324 g/mol. The van der Waals surface area contributed by atoms with E-state index in [0.29, 0.717) is 12.1 Å². The van der Waals surface area contributed by atoms with Crippen molar-refractivity contribution >= 4 is 23.8 Å². The number of aromatic nitrogens is 4. The number of aliphatic hydroxyl groups excluding tert-OH is 1. The Bertz CT molecular complexity index is 854. The molecule has 0 radical (unpaired) electrons. The fourth-order valence-corrected chi connectivity index (χ4v) is 3.54. The van der Waals surface area contributed by atoms with Crippen molar-refractivity contribution in [3.63, 3.8) is 0 Å². The van der Waals surface area contributed by atoms with Gasteiger partial charge < -0.3 is 9.84 Å². The highest BCUT2D eigenvalue weighted by molar-refractivity contribution is 7.81. The van der Waals surface area contributed by atoms with Crippen molar-refractivity contribution in [2.24, 2.45) is 0 Å². The van der Waals surface area contributed by atoms with Gasteiger partial charge in [-0.1, -0.05) is 30.3 Å². The molecule has 1 aliphatic rings. The van der Waals surface area contributed by atoms with E-state index in [2.05, 4.69) is 27.6 Å². The van der Waals surface area contributed by atoms with Crippen LogP contribution in [0.2, 0.25) is 0 Å². The number of nitrogens with zero attached hydrogens (tertiary/aromatic N) is 4. The first kappa shape index (κ1) is 15.6. The SMILES string of the molecule is Cc1ncnc2c1ncn2C1O[C@H](Cc2ccccc2)[C@@H](O)[C@H]1S. The molecule has 1 N–H and O–H groups in total. The number of fused-ring (bicyclic) bond motifs is 1. The summed E-state index contributed by atoms with van der Waals surface area (Å²) in [5.41, 5.74) is 3.37. The van der Waals surface area contributed by atoms with Gasteiger partial charge in [0, 0.05) is 6.42 Å². The minimum absolute atomic E-state index is 0.319. The summed E-state index contributed by atoms with van der Waals surface area (Å²) in [6, 6.07) is 9.99. The second kappa shape index (κ2) is 6.16. The van der Waals surface area contributed by atoms with Crippen molar-refractivity contribution in [1.82, 2.24) is 19.5 Å². The Morgan fingerprint density at radius 2 is 2.00 bits per heavy atom.